The largest absolute Gasteiger partial charge is 0.248 e. The van der Waals surface area contributed by atoms with Crippen LogP contribution in [0.2, 0.25) is 0 Å². The van der Waals surface area contributed by atoms with Gasteiger partial charge >= 0.3 is 0 Å². The van der Waals surface area contributed by atoms with Gasteiger partial charge in [0.15, 0.2) is 0 Å². The molecular weight excluding hydrogens is 292 g/mol. The van der Waals surface area contributed by atoms with Crippen molar-refractivity contribution in [1.29, 1.82) is 0 Å². The van der Waals surface area contributed by atoms with E-state index in [1.807, 2.05) is 24.3 Å². The van der Waals surface area contributed by atoms with Gasteiger partial charge in [0.05, 0.1) is 22.4 Å². The SMILES string of the molecule is CC(C)(C)c1nc2ccccc2nc1-c1cccc2ccccc12. The van der Waals surface area contributed by atoms with Crippen molar-refractivity contribution in [2.45, 2.75) is 26.2 Å². The number of para-hydroxylation sites is 2. The summed E-state index contributed by atoms with van der Waals surface area (Å²) in [5.41, 5.74) is 4.98. The minimum Gasteiger partial charge on any atom is -0.248 e. The van der Waals surface area contributed by atoms with Crippen LogP contribution in [0, 0.1) is 0 Å². The fourth-order valence-corrected chi connectivity index (χ4v) is 3.14. The van der Waals surface area contributed by atoms with Crippen LogP contribution in [0.4, 0.5) is 0 Å². The molecule has 0 N–H and O–H groups in total. The zero-order chi connectivity index (χ0) is 16.7. The predicted octanol–water partition coefficient (Wildman–Crippen LogP) is 5.75. The Morgan fingerprint density at radius 3 is 2.04 bits per heavy atom. The standard InChI is InChI=1S/C22H20N2/c1-22(2,3)21-20(23-18-13-6-7-14-19(18)24-21)17-12-8-10-15-9-4-5-11-16(15)17/h4-14H,1-3H3. The van der Waals surface area contributed by atoms with Crippen LogP contribution in [0.3, 0.4) is 0 Å². The molecule has 3 aromatic carbocycles. The van der Waals surface area contributed by atoms with Crippen molar-refractivity contribution in [2.24, 2.45) is 0 Å². The Bertz CT molecular complexity index is 1040. The molecule has 0 fully saturated rings. The average Bonchev–Trinajstić information content (AvgIpc) is 2.59. The Hall–Kier alpha value is -2.74. The number of hydrogen-bond acceptors (Lipinski definition) is 2. The first kappa shape index (κ1) is 14.8. The first-order valence-electron chi connectivity index (χ1n) is 8.29. The van der Waals surface area contributed by atoms with E-state index in [9.17, 15) is 0 Å². The van der Waals surface area contributed by atoms with Crippen molar-refractivity contribution in [3.63, 3.8) is 0 Å². The Labute approximate surface area is 142 Å². The molecule has 1 aromatic heterocycles. The molecule has 118 valence electrons. The van der Waals surface area contributed by atoms with Crippen LogP contribution < -0.4 is 0 Å². The zero-order valence-electron chi connectivity index (χ0n) is 14.2. The molecule has 0 amide bonds. The van der Waals surface area contributed by atoms with E-state index in [0.717, 1.165) is 28.0 Å². The van der Waals surface area contributed by atoms with Gasteiger partial charge in [-0.3, -0.25) is 0 Å². The molecule has 24 heavy (non-hydrogen) atoms. The quantitative estimate of drug-likeness (QED) is 0.447. The Kier molecular flexibility index (Phi) is 3.34. The molecule has 0 aliphatic rings. The van der Waals surface area contributed by atoms with Crippen LogP contribution >= 0.6 is 0 Å². The van der Waals surface area contributed by atoms with Gasteiger partial charge in [-0.15, -0.1) is 0 Å². The molecule has 4 rings (SSSR count). The van der Waals surface area contributed by atoms with Crippen molar-refractivity contribution in [3.8, 4) is 11.3 Å². The average molecular weight is 312 g/mol. The molecule has 2 nitrogen and oxygen atoms in total. The predicted molar refractivity (Wildman–Crippen MR) is 101 cm³/mol. The monoisotopic (exact) mass is 312 g/mol. The highest BCUT2D eigenvalue weighted by atomic mass is 14.8. The van der Waals surface area contributed by atoms with E-state index >= 15 is 0 Å². The smallest absolute Gasteiger partial charge is 0.0936 e. The van der Waals surface area contributed by atoms with Crippen LogP contribution in [0.1, 0.15) is 26.5 Å². The number of fused-ring (bicyclic) bond motifs is 2. The second-order valence-corrected chi connectivity index (χ2v) is 7.19. The molecule has 4 aromatic rings. The lowest BCUT2D eigenvalue weighted by Crippen LogP contribution is -2.16. The topological polar surface area (TPSA) is 25.8 Å². The van der Waals surface area contributed by atoms with Crippen molar-refractivity contribution >= 4 is 21.8 Å². The summed E-state index contributed by atoms with van der Waals surface area (Å²) in [6.45, 7) is 6.58. The number of aromatic nitrogens is 2. The summed E-state index contributed by atoms with van der Waals surface area (Å²) in [5.74, 6) is 0. The maximum Gasteiger partial charge on any atom is 0.0936 e. The van der Waals surface area contributed by atoms with Gasteiger partial charge in [-0.25, -0.2) is 9.97 Å². The van der Waals surface area contributed by atoms with Gasteiger partial charge in [0.1, 0.15) is 0 Å². The molecule has 0 spiro atoms. The van der Waals surface area contributed by atoms with Gasteiger partial charge in [-0.05, 0) is 22.9 Å². The number of nitrogens with zero attached hydrogens (tertiary/aromatic N) is 2. The Morgan fingerprint density at radius 1 is 0.667 bits per heavy atom. The van der Waals surface area contributed by atoms with E-state index in [-0.39, 0.29) is 5.41 Å². The summed E-state index contributed by atoms with van der Waals surface area (Å²) in [4.78, 5) is 9.97. The second-order valence-electron chi connectivity index (χ2n) is 7.19. The van der Waals surface area contributed by atoms with E-state index in [2.05, 4.69) is 63.2 Å². The molecule has 0 bridgehead atoms. The molecule has 0 atom stereocenters. The number of hydrogen-bond donors (Lipinski definition) is 0. The first-order chi connectivity index (χ1) is 11.5. The summed E-state index contributed by atoms with van der Waals surface area (Å²) >= 11 is 0. The normalized spacial score (nSPS) is 12.0. The molecule has 0 unspecified atom stereocenters. The summed E-state index contributed by atoms with van der Waals surface area (Å²) in [6.07, 6.45) is 0. The molecule has 0 aliphatic heterocycles. The molecule has 0 radical (unpaired) electrons. The maximum absolute atomic E-state index is 5.00. The van der Waals surface area contributed by atoms with Gasteiger partial charge in [0.2, 0.25) is 0 Å². The van der Waals surface area contributed by atoms with E-state index in [0.29, 0.717) is 0 Å². The van der Waals surface area contributed by atoms with Gasteiger partial charge in [0, 0.05) is 11.0 Å². The lowest BCUT2D eigenvalue weighted by molar-refractivity contribution is 0.571. The molecule has 0 saturated carbocycles. The first-order valence-corrected chi connectivity index (χ1v) is 8.29. The highest BCUT2D eigenvalue weighted by Crippen LogP contribution is 2.35. The van der Waals surface area contributed by atoms with Crippen LogP contribution in [0.15, 0.2) is 66.7 Å². The van der Waals surface area contributed by atoms with Crippen LogP contribution in [0.5, 0.6) is 0 Å². The number of benzene rings is 3. The summed E-state index contributed by atoms with van der Waals surface area (Å²) in [7, 11) is 0. The van der Waals surface area contributed by atoms with Gasteiger partial charge in [0.25, 0.3) is 0 Å². The summed E-state index contributed by atoms with van der Waals surface area (Å²) in [5, 5.41) is 2.44. The summed E-state index contributed by atoms with van der Waals surface area (Å²) in [6, 6.07) is 22.9. The molecular formula is C22H20N2. The van der Waals surface area contributed by atoms with Gasteiger partial charge in [-0.1, -0.05) is 75.4 Å². The Morgan fingerprint density at radius 2 is 1.29 bits per heavy atom. The third-order valence-corrected chi connectivity index (χ3v) is 4.33. The lowest BCUT2D eigenvalue weighted by atomic mass is 9.87. The second kappa shape index (κ2) is 5.41. The summed E-state index contributed by atoms with van der Waals surface area (Å²) < 4.78 is 0. The van der Waals surface area contributed by atoms with Gasteiger partial charge in [-0.2, -0.15) is 0 Å². The van der Waals surface area contributed by atoms with Crippen molar-refractivity contribution in [2.75, 3.05) is 0 Å². The van der Waals surface area contributed by atoms with Gasteiger partial charge < -0.3 is 0 Å². The minimum atomic E-state index is -0.0800. The van der Waals surface area contributed by atoms with Crippen LogP contribution in [-0.2, 0) is 5.41 Å². The molecule has 0 saturated heterocycles. The third kappa shape index (κ3) is 2.44. The number of rotatable bonds is 1. The van der Waals surface area contributed by atoms with E-state index in [1.165, 1.54) is 10.8 Å². The molecule has 0 aliphatic carbocycles. The third-order valence-electron chi connectivity index (χ3n) is 4.33. The van der Waals surface area contributed by atoms with Crippen LogP contribution in [0.25, 0.3) is 33.1 Å². The van der Waals surface area contributed by atoms with Crippen LogP contribution in [-0.4, -0.2) is 9.97 Å². The fourth-order valence-electron chi connectivity index (χ4n) is 3.14. The fraction of sp³-hybridized carbons (Fsp3) is 0.182. The minimum absolute atomic E-state index is 0.0800. The van der Waals surface area contributed by atoms with Crippen molar-refractivity contribution in [3.05, 3.63) is 72.4 Å². The van der Waals surface area contributed by atoms with Crippen molar-refractivity contribution < 1.29 is 0 Å². The van der Waals surface area contributed by atoms with Crippen molar-refractivity contribution in [1.82, 2.24) is 9.97 Å². The highest BCUT2D eigenvalue weighted by molar-refractivity contribution is 5.97. The van der Waals surface area contributed by atoms with E-state index in [1.54, 1.807) is 0 Å². The molecule has 1 heterocycles. The Balaban J connectivity index is 2.11. The lowest BCUT2D eigenvalue weighted by Gasteiger charge is -2.22. The van der Waals surface area contributed by atoms with E-state index in [4.69, 9.17) is 9.97 Å². The molecule has 2 heteroatoms. The zero-order valence-corrected chi connectivity index (χ0v) is 14.2. The maximum atomic E-state index is 5.00. The highest BCUT2D eigenvalue weighted by Gasteiger charge is 2.23. The van der Waals surface area contributed by atoms with E-state index < -0.39 is 0 Å².